The van der Waals surface area contributed by atoms with Crippen molar-refractivity contribution in [2.24, 2.45) is 0 Å². The van der Waals surface area contributed by atoms with Crippen molar-refractivity contribution >= 4 is 32.5 Å². The van der Waals surface area contributed by atoms with Crippen molar-refractivity contribution in [2.75, 3.05) is 12.7 Å². The molecule has 4 nitrogen and oxygen atoms in total. The van der Waals surface area contributed by atoms with Gasteiger partial charge in [0.2, 0.25) is 16.6 Å². The SMILES string of the molecule is CC(C)(C)[Si](C)(C)NCCCP(=O)(O[Si](C)(C)C(C)(C)C)O[Si](C)(C)C(C)(C)C. The molecule has 0 rings (SSSR count). The third-order valence-corrected chi connectivity index (χ3v) is 26.2. The van der Waals surface area contributed by atoms with E-state index < -0.39 is 32.5 Å². The molecule has 0 atom stereocenters. The van der Waals surface area contributed by atoms with Gasteiger partial charge in [-0.05, 0) is 54.3 Å². The highest BCUT2D eigenvalue weighted by atomic mass is 31.2. The van der Waals surface area contributed by atoms with Gasteiger partial charge in [-0.1, -0.05) is 75.4 Å². The topological polar surface area (TPSA) is 47.6 Å². The van der Waals surface area contributed by atoms with Crippen molar-refractivity contribution in [3.05, 3.63) is 0 Å². The molecule has 29 heavy (non-hydrogen) atoms. The van der Waals surface area contributed by atoms with Crippen LogP contribution in [0.15, 0.2) is 0 Å². The summed E-state index contributed by atoms with van der Waals surface area (Å²) in [4.78, 5) is 3.79. The lowest BCUT2D eigenvalue weighted by Crippen LogP contribution is -2.52. The van der Waals surface area contributed by atoms with Crippen LogP contribution in [0.5, 0.6) is 0 Å². The smallest absolute Gasteiger partial charge is 0.311 e. The fourth-order valence-electron chi connectivity index (χ4n) is 2.02. The van der Waals surface area contributed by atoms with Crippen LogP contribution in [0.1, 0.15) is 68.7 Å². The van der Waals surface area contributed by atoms with Crippen LogP contribution < -0.4 is 4.98 Å². The van der Waals surface area contributed by atoms with E-state index in [-0.39, 0.29) is 15.1 Å². The Morgan fingerprint density at radius 3 is 1.31 bits per heavy atom. The van der Waals surface area contributed by atoms with Gasteiger partial charge in [-0.15, -0.1) is 0 Å². The molecule has 0 radical (unpaired) electrons. The average Bonchev–Trinajstić information content (AvgIpc) is 2.38. The molecule has 0 aromatic carbocycles. The normalized spacial score (nSPS) is 15.7. The van der Waals surface area contributed by atoms with Gasteiger partial charge in [0.15, 0.2) is 0 Å². The number of nitrogens with one attached hydrogen (secondary N) is 1. The zero-order chi connectivity index (χ0) is 23.7. The van der Waals surface area contributed by atoms with E-state index in [4.69, 9.17) is 8.43 Å². The Balaban J connectivity index is 5.49. The molecular weight excluding hydrogens is 429 g/mol. The zero-order valence-corrected chi connectivity index (χ0v) is 26.2. The Morgan fingerprint density at radius 1 is 0.690 bits per heavy atom. The summed E-state index contributed by atoms with van der Waals surface area (Å²) in [6.07, 6.45) is 1.31. The number of hydrogen-bond donors (Lipinski definition) is 1. The average molecular weight is 482 g/mol. The summed E-state index contributed by atoms with van der Waals surface area (Å²) in [5.74, 6) is 0. The first-order chi connectivity index (χ1) is 12.4. The Bertz CT molecular complexity index is 553. The minimum Gasteiger partial charge on any atom is -0.351 e. The Labute approximate surface area is 186 Å². The van der Waals surface area contributed by atoms with Gasteiger partial charge in [-0.25, -0.2) is 0 Å². The van der Waals surface area contributed by atoms with Crippen molar-refractivity contribution in [2.45, 2.75) is 123 Å². The fraction of sp³-hybridized carbons (Fsp3) is 1.00. The van der Waals surface area contributed by atoms with Crippen molar-refractivity contribution in [3.8, 4) is 0 Å². The molecular formula is C21H52NO3PSi3. The molecule has 0 aromatic heterocycles. The largest absolute Gasteiger partial charge is 0.351 e. The van der Waals surface area contributed by atoms with Crippen LogP contribution in [-0.4, -0.2) is 37.6 Å². The molecule has 0 aliphatic carbocycles. The molecule has 8 heteroatoms. The summed E-state index contributed by atoms with van der Waals surface area (Å²) in [7, 11) is -9.14. The summed E-state index contributed by atoms with van der Waals surface area (Å²) in [5.41, 5.74) is 0. The van der Waals surface area contributed by atoms with E-state index in [1.165, 1.54) is 0 Å². The van der Waals surface area contributed by atoms with Crippen LogP contribution in [0.3, 0.4) is 0 Å². The van der Waals surface area contributed by atoms with E-state index in [9.17, 15) is 4.57 Å². The molecule has 0 bridgehead atoms. The third-order valence-electron chi connectivity index (χ3n) is 7.40. The van der Waals surface area contributed by atoms with Gasteiger partial charge in [0, 0.05) is 6.16 Å². The van der Waals surface area contributed by atoms with E-state index in [1.807, 2.05) is 0 Å². The summed E-state index contributed by atoms with van der Waals surface area (Å²) in [5, 5.41) is 0.281. The summed E-state index contributed by atoms with van der Waals surface area (Å²) in [6.45, 7) is 34.3. The fourth-order valence-corrected chi connectivity index (χ4v) is 12.9. The number of rotatable bonds is 9. The minimum atomic E-state index is -3.18. The lowest BCUT2D eigenvalue weighted by Gasteiger charge is -2.43. The monoisotopic (exact) mass is 481 g/mol. The standard InChI is InChI=1S/C21H52NO3PSi3/c1-19(2,3)27(10,11)22-17-16-18-26(23,24-28(12,13)20(4,5)6)25-29(14,15)21(7,8)9/h22H,16-18H2,1-15H3. The van der Waals surface area contributed by atoms with Gasteiger partial charge in [-0.2, -0.15) is 0 Å². The lowest BCUT2D eigenvalue weighted by atomic mass is 10.2. The summed E-state index contributed by atoms with van der Waals surface area (Å²) in [6, 6.07) is 0. The molecule has 0 spiro atoms. The van der Waals surface area contributed by atoms with Crippen LogP contribution in [0.2, 0.25) is 54.4 Å². The maximum Gasteiger partial charge on any atom is 0.311 e. The van der Waals surface area contributed by atoms with Crippen molar-refractivity contribution in [1.82, 2.24) is 4.98 Å². The predicted molar refractivity (Wildman–Crippen MR) is 139 cm³/mol. The van der Waals surface area contributed by atoms with Crippen LogP contribution >= 0.6 is 7.60 Å². The summed E-state index contributed by atoms with van der Waals surface area (Å²) < 4.78 is 27.1. The van der Waals surface area contributed by atoms with E-state index >= 15 is 0 Å². The maximum atomic E-state index is 14.1. The van der Waals surface area contributed by atoms with Gasteiger partial charge in [0.1, 0.15) is 8.24 Å². The molecule has 0 heterocycles. The van der Waals surface area contributed by atoms with Crippen LogP contribution in [0.25, 0.3) is 0 Å². The first-order valence-electron chi connectivity index (χ1n) is 11.1. The van der Waals surface area contributed by atoms with E-state index in [0.29, 0.717) is 6.16 Å². The lowest BCUT2D eigenvalue weighted by molar-refractivity contribution is 0.355. The van der Waals surface area contributed by atoms with Gasteiger partial charge in [-0.3, -0.25) is 4.57 Å². The maximum absolute atomic E-state index is 14.1. The Hall–Kier alpha value is 0.761. The molecule has 1 N–H and O–H groups in total. The van der Waals surface area contributed by atoms with Crippen LogP contribution in [0, 0.1) is 0 Å². The van der Waals surface area contributed by atoms with E-state index in [1.54, 1.807) is 0 Å². The molecule has 0 amide bonds. The highest BCUT2D eigenvalue weighted by molar-refractivity contribution is 7.57. The quantitative estimate of drug-likeness (QED) is 0.205. The number of hydrogen-bond acceptors (Lipinski definition) is 4. The molecule has 0 saturated heterocycles. The molecule has 0 fully saturated rings. The van der Waals surface area contributed by atoms with E-state index in [2.05, 4.69) is 107 Å². The first-order valence-corrected chi connectivity index (χ1v) is 21.7. The van der Waals surface area contributed by atoms with Gasteiger partial charge in [0.05, 0.1) is 0 Å². The Kier molecular flexibility index (Phi) is 9.57. The van der Waals surface area contributed by atoms with Crippen LogP contribution in [-0.2, 0) is 13.0 Å². The van der Waals surface area contributed by atoms with Gasteiger partial charge < -0.3 is 13.4 Å². The van der Waals surface area contributed by atoms with Gasteiger partial charge in [0.25, 0.3) is 0 Å². The van der Waals surface area contributed by atoms with Crippen molar-refractivity contribution in [1.29, 1.82) is 0 Å². The van der Waals surface area contributed by atoms with Gasteiger partial charge >= 0.3 is 7.60 Å². The molecule has 0 saturated carbocycles. The predicted octanol–water partition coefficient (Wildman–Crippen LogP) is 8.21. The molecule has 176 valence electrons. The second-order valence-electron chi connectivity index (χ2n) is 13.2. The third kappa shape index (κ3) is 8.66. The van der Waals surface area contributed by atoms with E-state index in [0.717, 1.165) is 13.0 Å². The molecule has 0 unspecified atom stereocenters. The highest BCUT2D eigenvalue weighted by Crippen LogP contribution is 2.59. The molecule has 0 aromatic rings. The highest BCUT2D eigenvalue weighted by Gasteiger charge is 2.48. The minimum absolute atomic E-state index is 0.00115. The molecule has 0 aliphatic heterocycles. The first kappa shape index (κ1) is 29.8. The molecule has 0 aliphatic rings. The second kappa shape index (κ2) is 9.32. The summed E-state index contributed by atoms with van der Waals surface area (Å²) >= 11 is 0. The van der Waals surface area contributed by atoms with Crippen molar-refractivity contribution < 1.29 is 13.0 Å². The van der Waals surface area contributed by atoms with Crippen molar-refractivity contribution in [3.63, 3.8) is 0 Å². The van der Waals surface area contributed by atoms with Crippen LogP contribution in [0.4, 0.5) is 0 Å². The Morgan fingerprint density at radius 2 is 1.03 bits per heavy atom. The zero-order valence-electron chi connectivity index (χ0n) is 22.3. The second-order valence-corrected chi connectivity index (χ2v) is 30.5.